The van der Waals surface area contributed by atoms with E-state index < -0.39 is 0 Å². The van der Waals surface area contributed by atoms with Crippen molar-refractivity contribution in [3.05, 3.63) is 53.9 Å². The summed E-state index contributed by atoms with van der Waals surface area (Å²) in [5.41, 5.74) is 3.70. The predicted octanol–water partition coefficient (Wildman–Crippen LogP) is 3.04. The van der Waals surface area contributed by atoms with Gasteiger partial charge in [-0.3, -0.25) is 4.98 Å². The third-order valence-electron chi connectivity index (χ3n) is 3.48. The van der Waals surface area contributed by atoms with Gasteiger partial charge in [0.1, 0.15) is 5.75 Å². The van der Waals surface area contributed by atoms with Gasteiger partial charge in [-0.2, -0.15) is 0 Å². The number of nitrogens with one attached hydrogen (secondary N) is 1. The first-order valence-electron chi connectivity index (χ1n) is 6.21. The minimum atomic E-state index is 0.407. The summed E-state index contributed by atoms with van der Waals surface area (Å²) in [4.78, 5) is 4.22. The number of aromatic nitrogens is 1. The number of hydrogen-bond donors (Lipinski definition) is 1. The number of benzene rings is 1. The molecule has 2 aromatic rings. The molecule has 1 aromatic heterocycles. The maximum Gasteiger partial charge on any atom is 0.142 e. The molecular weight excluding hydrogens is 224 g/mol. The summed E-state index contributed by atoms with van der Waals surface area (Å²) in [7, 11) is 1.71. The average molecular weight is 240 g/mol. The fourth-order valence-corrected chi connectivity index (χ4v) is 2.62. The van der Waals surface area contributed by atoms with Crippen molar-refractivity contribution in [2.45, 2.75) is 12.3 Å². The van der Waals surface area contributed by atoms with E-state index in [1.165, 1.54) is 11.1 Å². The third kappa shape index (κ3) is 1.82. The van der Waals surface area contributed by atoms with Crippen LogP contribution in [0, 0.1) is 0 Å². The van der Waals surface area contributed by atoms with E-state index in [9.17, 15) is 0 Å². The highest BCUT2D eigenvalue weighted by molar-refractivity contribution is 5.66. The molecule has 0 fully saturated rings. The number of anilines is 1. The maximum absolute atomic E-state index is 5.42. The maximum atomic E-state index is 5.42. The highest BCUT2D eigenvalue weighted by atomic mass is 16.5. The number of fused-ring (bicyclic) bond motifs is 1. The van der Waals surface area contributed by atoms with Gasteiger partial charge in [-0.05, 0) is 29.7 Å². The molecule has 2 heterocycles. The molecular formula is C15H16N2O. The van der Waals surface area contributed by atoms with Crippen LogP contribution in [0.15, 0.2) is 42.7 Å². The van der Waals surface area contributed by atoms with Gasteiger partial charge in [0.25, 0.3) is 0 Å². The molecule has 0 bridgehead atoms. The first-order valence-corrected chi connectivity index (χ1v) is 6.21. The fraction of sp³-hybridized carbons (Fsp3) is 0.267. The molecule has 1 unspecified atom stereocenters. The Labute approximate surface area is 107 Å². The zero-order valence-electron chi connectivity index (χ0n) is 10.4. The van der Waals surface area contributed by atoms with Crippen molar-refractivity contribution in [3.63, 3.8) is 0 Å². The Kier molecular flexibility index (Phi) is 2.89. The number of pyridine rings is 1. The minimum absolute atomic E-state index is 0.407. The standard InChI is InChI=1S/C15H16N2O/c1-18-14-6-2-5-13-12(7-9-17-15(13)14)11-4-3-8-16-10-11/h2-6,8,10,12,17H,7,9H2,1H3. The van der Waals surface area contributed by atoms with Gasteiger partial charge in [0, 0.05) is 24.9 Å². The van der Waals surface area contributed by atoms with Gasteiger partial charge in [0.15, 0.2) is 0 Å². The summed E-state index contributed by atoms with van der Waals surface area (Å²) in [5.74, 6) is 1.33. The van der Waals surface area contributed by atoms with Crippen molar-refractivity contribution in [2.24, 2.45) is 0 Å². The number of para-hydroxylation sites is 1. The van der Waals surface area contributed by atoms with Crippen molar-refractivity contribution in [1.29, 1.82) is 0 Å². The molecule has 0 amide bonds. The van der Waals surface area contributed by atoms with Gasteiger partial charge < -0.3 is 10.1 Å². The van der Waals surface area contributed by atoms with Crippen molar-refractivity contribution >= 4 is 5.69 Å². The Morgan fingerprint density at radius 2 is 2.22 bits per heavy atom. The molecule has 0 aliphatic carbocycles. The summed E-state index contributed by atoms with van der Waals surface area (Å²) in [6.45, 7) is 0.965. The van der Waals surface area contributed by atoms with Crippen LogP contribution in [0.1, 0.15) is 23.5 Å². The van der Waals surface area contributed by atoms with E-state index in [1.54, 1.807) is 7.11 Å². The van der Waals surface area contributed by atoms with Crippen LogP contribution in [-0.2, 0) is 0 Å². The lowest BCUT2D eigenvalue weighted by Crippen LogP contribution is -2.18. The molecule has 1 aliphatic heterocycles. The Bertz CT molecular complexity index is 539. The van der Waals surface area contributed by atoms with Crippen LogP contribution < -0.4 is 10.1 Å². The van der Waals surface area contributed by atoms with Crippen LogP contribution in [0.5, 0.6) is 5.75 Å². The topological polar surface area (TPSA) is 34.1 Å². The van der Waals surface area contributed by atoms with Crippen LogP contribution in [0.4, 0.5) is 5.69 Å². The second kappa shape index (κ2) is 4.69. The minimum Gasteiger partial charge on any atom is -0.495 e. The van der Waals surface area contributed by atoms with Gasteiger partial charge in [0.05, 0.1) is 12.8 Å². The molecule has 1 atom stereocenters. The van der Waals surface area contributed by atoms with Crippen molar-refractivity contribution < 1.29 is 4.74 Å². The molecule has 3 rings (SSSR count). The first-order chi connectivity index (χ1) is 8.90. The van der Waals surface area contributed by atoms with E-state index in [0.29, 0.717) is 5.92 Å². The smallest absolute Gasteiger partial charge is 0.142 e. The lowest BCUT2D eigenvalue weighted by Gasteiger charge is -2.28. The van der Waals surface area contributed by atoms with Crippen LogP contribution in [-0.4, -0.2) is 18.6 Å². The predicted molar refractivity (Wildman–Crippen MR) is 72.2 cm³/mol. The Morgan fingerprint density at radius 3 is 3.00 bits per heavy atom. The summed E-state index contributed by atoms with van der Waals surface area (Å²) in [6.07, 6.45) is 4.86. The number of nitrogens with zero attached hydrogens (tertiary/aromatic N) is 1. The molecule has 18 heavy (non-hydrogen) atoms. The van der Waals surface area contributed by atoms with E-state index in [2.05, 4.69) is 22.4 Å². The largest absolute Gasteiger partial charge is 0.495 e. The molecule has 1 aromatic carbocycles. The Morgan fingerprint density at radius 1 is 1.28 bits per heavy atom. The zero-order chi connectivity index (χ0) is 12.4. The molecule has 3 nitrogen and oxygen atoms in total. The van der Waals surface area contributed by atoms with Crippen LogP contribution >= 0.6 is 0 Å². The quantitative estimate of drug-likeness (QED) is 0.876. The molecule has 1 N–H and O–H groups in total. The number of ether oxygens (including phenoxy) is 1. The first kappa shape index (κ1) is 11.1. The Hall–Kier alpha value is -2.03. The van der Waals surface area contributed by atoms with E-state index in [4.69, 9.17) is 4.74 Å². The fourth-order valence-electron chi connectivity index (χ4n) is 2.62. The Balaban J connectivity index is 2.07. The highest BCUT2D eigenvalue weighted by Gasteiger charge is 2.23. The summed E-state index contributed by atoms with van der Waals surface area (Å²) >= 11 is 0. The highest BCUT2D eigenvalue weighted by Crippen LogP contribution is 2.40. The van der Waals surface area contributed by atoms with E-state index in [-0.39, 0.29) is 0 Å². The number of methoxy groups -OCH3 is 1. The van der Waals surface area contributed by atoms with Gasteiger partial charge >= 0.3 is 0 Å². The molecule has 0 spiro atoms. The summed E-state index contributed by atoms with van der Waals surface area (Å²) < 4.78 is 5.42. The van der Waals surface area contributed by atoms with Gasteiger partial charge in [-0.25, -0.2) is 0 Å². The van der Waals surface area contributed by atoms with Gasteiger partial charge in [0.2, 0.25) is 0 Å². The molecule has 1 aliphatic rings. The van der Waals surface area contributed by atoms with E-state index in [1.807, 2.05) is 30.6 Å². The second-order valence-corrected chi connectivity index (χ2v) is 4.48. The number of hydrogen-bond acceptors (Lipinski definition) is 3. The van der Waals surface area contributed by atoms with Crippen LogP contribution in [0.25, 0.3) is 0 Å². The van der Waals surface area contributed by atoms with Crippen LogP contribution in [0.2, 0.25) is 0 Å². The molecule has 0 saturated heterocycles. The normalized spacial score (nSPS) is 17.7. The zero-order valence-corrected chi connectivity index (χ0v) is 10.4. The summed E-state index contributed by atoms with van der Waals surface area (Å²) in [5, 5.41) is 3.44. The molecule has 0 radical (unpaired) electrons. The van der Waals surface area contributed by atoms with Crippen molar-refractivity contribution in [1.82, 2.24) is 4.98 Å². The van der Waals surface area contributed by atoms with Crippen molar-refractivity contribution in [2.75, 3.05) is 19.0 Å². The van der Waals surface area contributed by atoms with E-state index >= 15 is 0 Å². The SMILES string of the molecule is COc1cccc2c1NCCC2c1cccnc1. The molecule has 92 valence electrons. The second-order valence-electron chi connectivity index (χ2n) is 4.48. The molecule has 3 heteroatoms. The molecule has 0 saturated carbocycles. The lowest BCUT2D eigenvalue weighted by molar-refractivity contribution is 0.415. The van der Waals surface area contributed by atoms with Crippen LogP contribution in [0.3, 0.4) is 0 Å². The lowest BCUT2D eigenvalue weighted by atomic mass is 9.86. The monoisotopic (exact) mass is 240 g/mol. The van der Waals surface area contributed by atoms with Gasteiger partial charge in [-0.1, -0.05) is 18.2 Å². The average Bonchev–Trinajstić information content (AvgIpc) is 2.47. The number of rotatable bonds is 2. The third-order valence-corrected chi connectivity index (χ3v) is 3.48. The van der Waals surface area contributed by atoms with Gasteiger partial charge in [-0.15, -0.1) is 0 Å². The van der Waals surface area contributed by atoms with Crippen molar-refractivity contribution in [3.8, 4) is 5.75 Å². The summed E-state index contributed by atoms with van der Waals surface area (Å²) in [6, 6.07) is 10.4. The van der Waals surface area contributed by atoms with E-state index in [0.717, 1.165) is 24.4 Å².